The van der Waals surface area contributed by atoms with E-state index in [4.69, 9.17) is 18.9 Å². The molecule has 0 spiro atoms. The van der Waals surface area contributed by atoms with Gasteiger partial charge in [0.2, 0.25) is 11.6 Å². The Bertz CT molecular complexity index is 582. The number of nitrogens with zero attached hydrogens (tertiary/aromatic N) is 2. The summed E-state index contributed by atoms with van der Waals surface area (Å²) in [6.45, 7) is 0. The van der Waals surface area contributed by atoms with Crippen molar-refractivity contribution in [2.45, 2.75) is 0 Å². The van der Waals surface area contributed by atoms with Gasteiger partial charge in [-0.25, -0.2) is 9.97 Å². The van der Waals surface area contributed by atoms with Crippen LogP contribution in [-0.4, -0.2) is 31.3 Å². The number of halogens is 1. The lowest BCUT2D eigenvalue weighted by molar-refractivity contribution is 0.320. The van der Waals surface area contributed by atoms with E-state index in [1.165, 1.54) is 6.33 Å². The molecular formula is C13H13BrN2O4. The number of hydrogen-bond donors (Lipinski definition) is 0. The van der Waals surface area contributed by atoms with Crippen molar-refractivity contribution in [3.8, 4) is 28.9 Å². The van der Waals surface area contributed by atoms with E-state index in [9.17, 15) is 0 Å². The average molecular weight is 341 g/mol. The second-order valence-corrected chi connectivity index (χ2v) is 4.45. The Kier molecular flexibility index (Phi) is 4.62. The van der Waals surface area contributed by atoms with E-state index >= 15 is 0 Å². The Morgan fingerprint density at radius 3 is 2.05 bits per heavy atom. The quantitative estimate of drug-likeness (QED) is 0.779. The maximum atomic E-state index is 5.65. The van der Waals surface area contributed by atoms with Crippen molar-refractivity contribution < 1.29 is 18.9 Å². The van der Waals surface area contributed by atoms with Crippen LogP contribution in [0.15, 0.2) is 29.1 Å². The van der Waals surface area contributed by atoms with Crippen LogP contribution in [0.2, 0.25) is 0 Å². The summed E-state index contributed by atoms with van der Waals surface area (Å²) >= 11 is 3.25. The van der Waals surface area contributed by atoms with Gasteiger partial charge in [0.05, 0.1) is 21.3 Å². The Morgan fingerprint density at radius 1 is 0.900 bits per heavy atom. The summed E-state index contributed by atoms with van der Waals surface area (Å²) in [6.07, 6.45) is 1.40. The molecule has 1 aromatic carbocycles. The second-order valence-electron chi connectivity index (χ2n) is 3.64. The molecule has 0 aliphatic rings. The SMILES string of the molecule is COc1cc(Oc2cc(Br)ncn2)cc(OC)c1OC. The summed E-state index contributed by atoms with van der Waals surface area (Å²) in [7, 11) is 4.63. The molecule has 0 amide bonds. The van der Waals surface area contributed by atoms with E-state index in [0.717, 1.165) is 0 Å². The van der Waals surface area contributed by atoms with Crippen molar-refractivity contribution in [3.63, 3.8) is 0 Å². The number of benzene rings is 1. The molecule has 2 aromatic rings. The molecule has 0 radical (unpaired) electrons. The highest BCUT2D eigenvalue weighted by atomic mass is 79.9. The van der Waals surface area contributed by atoms with Gasteiger partial charge in [0.15, 0.2) is 11.5 Å². The maximum absolute atomic E-state index is 5.65. The molecule has 0 saturated heterocycles. The van der Waals surface area contributed by atoms with Gasteiger partial charge in [0.1, 0.15) is 16.7 Å². The fraction of sp³-hybridized carbons (Fsp3) is 0.231. The fourth-order valence-electron chi connectivity index (χ4n) is 1.61. The molecule has 7 heteroatoms. The lowest BCUT2D eigenvalue weighted by Gasteiger charge is -2.14. The molecule has 20 heavy (non-hydrogen) atoms. The Labute approximate surface area is 124 Å². The highest BCUT2D eigenvalue weighted by molar-refractivity contribution is 9.10. The maximum Gasteiger partial charge on any atom is 0.223 e. The van der Waals surface area contributed by atoms with Gasteiger partial charge in [-0.3, -0.25) is 0 Å². The van der Waals surface area contributed by atoms with Crippen LogP contribution in [0.5, 0.6) is 28.9 Å². The minimum atomic E-state index is 0.404. The topological polar surface area (TPSA) is 62.7 Å². The molecule has 2 rings (SSSR count). The largest absolute Gasteiger partial charge is 0.493 e. The van der Waals surface area contributed by atoms with Gasteiger partial charge >= 0.3 is 0 Å². The van der Waals surface area contributed by atoms with Crippen molar-refractivity contribution in [2.75, 3.05) is 21.3 Å². The third kappa shape index (κ3) is 3.11. The predicted molar refractivity (Wildman–Crippen MR) is 75.9 cm³/mol. The molecule has 0 bridgehead atoms. The second kappa shape index (κ2) is 6.42. The fourth-order valence-corrected chi connectivity index (χ4v) is 1.90. The first-order chi connectivity index (χ1) is 9.67. The Hall–Kier alpha value is -2.02. The lowest BCUT2D eigenvalue weighted by atomic mass is 10.2. The highest BCUT2D eigenvalue weighted by Crippen LogP contribution is 2.41. The van der Waals surface area contributed by atoms with Crippen molar-refractivity contribution in [1.82, 2.24) is 9.97 Å². The van der Waals surface area contributed by atoms with Gasteiger partial charge in [-0.1, -0.05) is 0 Å². The molecule has 0 saturated carbocycles. The Morgan fingerprint density at radius 2 is 1.55 bits per heavy atom. The summed E-state index contributed by atoms with van der Waals surface area (Å²) in [5, 5.41) is 0. The van der Waals surface area contributed by atoms with Crippen LogP contribution in [0.1, 0.15) is 0 Å². The van der Waals surface area contributed by atoms with Crippen LogP contribution in [0.25, 0.3) is 0 Å². The zero-order valence-electron chi connectivity index (χ0n) is 11.2. The normalized spacial score (nSPS) is 10.0. The number of rotatable bonds is 5. The third-order valence-corrected chi connectivity index (χ3v) is 2.90. The van der Waals surface area contributed by atoms with Crippen LogP contribution in [0, 0.1) is 0 Å². The van der Waals surface area contributed by atoms with E-state index in [1.807, 2.05) is 0 Å². The molecule has 106 valence electrons. The average Bonchev–Trinajstić information content (AvgIpc) is 2.46. The lowest BCUT2D eigenvalue weighted by Crippen LogP contribution is -1.96. The smallest absolute Gasteiger partial charge is 0.223 e. The zero-order valence-corrected chi connectivity index (χ0v) is 12.8. The predicted octanol–water partition coefficient (Wildman–Crippen LogP) is 3.06. The molecule has 1 heterocycles. The first-order valence-electron chi connectivity index (χ1n) is 5.63. The van der Waals surface area contributed by atoms with Crippen molar-refractivity contribution >= 4 is 15.9 Å². The van der Waals surface area contributed by atoms with Crippen molar-refractivity contribution in [2.24, 2.45) is 0 Å². The molecule has 6 nitrogen and oxygen atoms in total. The monoisotopic (exact) mass is 340 g/mol. The summed E-state index contributed by atoms with van der Waals surface area (Å²) < 4.78 is 22.0. The molecule has 0 fully saturated rings. The van der Waals surface area contributed by atoms with Crippen LogP contribution >= 0.6 is 15.9 Å². The van der Waals surface area contributed by atoms with Gasteiger partial charge < -0.3 is 18.9 Å². The minimum absolute atomic E-state index is 0.404. The zero-order chi connectivity index (χ0) is 14.5. The third-order valence-electron chi connectivity index (χ3n) is 2.47. The molecule has 0 aliphatic carbocycles. The van der Waals surface area contributed by atoms with E-state index < -0.39 is 0 Å². The molecular weight excluding hydrogens is 328 g/mol. The molecule has 0 aliphatic heterocycles. The number of methoxy groups -OCH3 is 3. The standard InChI is InChI=1S/C13H13BrN2O4/c1-17-9-4-8(5-10(18-2)13(9)19-3)20-12-6-11(14)15-7-16-12/h4-7H,1-3H3. The highest BCUT2D eigenvalue weighted by Gasteiger charge is 2.14. The Balaban J connectivity index is 2.37. The minimum Gasteiger partial charge on any atom is -0.493 e. The van der Waals surface area contributed by atoms with Crippen LogP contribution in [-0.2, 0) is 0 Å². The summed E-state index contributed by atoms with van der Waals surface area (Å²) in [5.41, 5.74) is 0. The van der Waals surface area contributed by atoms with Crippen LogP contribution in [0.3, 0.4) is 0 Å². The van der Waals surface area contributed by atoms with E-state index in [-0.39, 0.29) is 0 Å². The number of hydrogen-bond acceptors (Lipinski definition) is 6. The van der Waals surface area contributed by atoms with Crippen LogP contribution < -0.4 is 18.9 Å². The summed E-state index contributed by atoms with van der Waals surface area (Å²) in [5.74, 6) is 2.45. The molecule has 0 unspecified atom stereocenters. The summed E-state index contributed by atoms with van der Waals surface area (Å²) in [4.78, 5) is 7.94. The van der Waals surface area contributed by atoms with E-state index in [0.29, 0.717) is 33.5 Å². The molecule has 1 aromatic heterocycles. The van der Waals surface area contributed by atoms with Gasteiger partial charge in [-0.05, 0) is 15.9 Å². The molecule has 0 atom stereocenters. The van der Waals surface area contributed by atoms with Crippen molar-refractivity contribution in [3.05, 3.63) is 29.1 Å². The summed E-state index contributed by atoms with van der Waals surface area (Å²) in [6, 6.07) is 5.04. The van der Waals surface area contributed by atoms with E-state index in [2.05, 4.69) is 25.9 Å². The number of ether oxygens (including phenoxy) is 4. The van der Waals surface area contributed by atoms with Gasteiger partial charge in [0, 0.05) is 18.2 Å². The van der Waals surface area contributed by atoms with E-state index in [1.54, 1.807) is 39.5 Å². The van der Waals surface area contributed by atoms with Gasteiger partial charge in [-0.15, -0.1) is 0 Å². The number of aromatic nitrogens is 2. The van der Waals surface area contributed by atoms with Crippen molar-refractivity contribution in [1.29, 1.82) is 0 Å². The first kappa shape index (κ1) is 14.4. The van der Waals surface area contributed by atoms with Crippen LogP contribution in [0.4, 0.5) is 0 Å². The molecule has 0 N–H and O–H groups in total. The first-order valence-corrected chi connectivity index (χ1v) is 6.42. The van der Waals surface area contributed by atoms with Gasteiger partial charge in [-0.2, -0.15) is 0 Å². The van der Waals surface area contributed by atoms with Gasteiger partial charge in [0.25, 0.3) is 0 Å².